The Morgan fingerprint density at radius 3 is 2.85 bits per heavy atom. The molecule has 116 valence electrons. The quantitative estimate of drug-likeness (QED) is 0.397. The highest BCUT2D eigenvalue weighted by Gasteiger charge is 2.34. The predicted octanol–water partition coefficient (Wildman–Crippen LogP) is 1.06. The first-order valence-electron chi connectivity index (χ1n) is 8.09. The van der Waals surface area contributed by atoms with Gasteiger partial charge in [0.05, 0.1) is 0 Å². The smallest absolute Gasteiger partial charge is 0.190 e. The van der Waals surface area contributed by atoms with Crippen LogP contribution in [0.3, 0.4) is 0 Å². The van der Waals surface area contributed by atoms with Gasteiger partial charge < -0.3 is 20.3 Å². The number of hydrogen-bond acceptors (Lipinski definition) is 3. The average molecular weight is 282 g/mol. The van der Waals surface area contributed by atoms with Gasteiger partial charge in [0.25, 0.3) is 0 Å². The zero-order valence-corrected chi connectivity index (χ0v) is 13.0. The number of guanidine groups is 1. The van der Waals surface area contributed by atoms with E-state index in [2.05, 4.69) is 20.5 Å². The number of ether oxygens (including phenoxy) is 1. The summed E-state index contributed by atoms with van der Waals surface area (Å²) in [7, 11) is 1.84. The first-order valence-corrected chi connectivity index (χ1v) is 8.09. The fraction of sp³-hybridized carbons (Fsp3) is 0.933. The molecular formula is C15H30N4O. The summed E-state index contributed by atoms with van der Waals surface area (Å²) in [5, 5.41) is 6.80. The lowest BCUT2D eigenvalue weighted by Gasteiger charge is -2.17. The molecule has 2 rings (SSSR count). The van der Waals surface area contributed by atoms with Crippen LogP contribution in [0.25, 0.3) is 0 Å². The second-order valence-electron chi connectivity index (χ2n) is 5.81. The third-order valence-corrected chi connectivity index (χ3v) is 4.12. The molecule has 1 atom stereocenters. The highest BCUT2D eigenvalue weighted by Crippen LogP contribution is 2.31. The van der Waals surface area contributed by atoms with Crippen LogP contribution in [0.4, 0.5) is 0 Å². The van der Waals surface area contributed by atoms with Gasteiger partial charge in [0, 0.05) is 45.9 Å². The summed E-state index contributed by atoms with van der Waals surface area (Å²) in [5.41, 5.74) is 0. The number of nitrogens with one attached hydrogen (secondary N) is 2. The first-order chi connectivity index (χ1) is 9.83. The summed E-state index contributed by atoms with van der Waals surface area (Å²) in [6, 6.07) is 0.913. The maximum absolute atomic E-state index is 5.32. The Kier molecular flexibility index (Phi) is 6.60. The van der Waals surface area contributed by atoms with Gasteiger partial charge in [0.15, 0.2) is 5.96 Å². The number of hydrogen-bond donors (Lipinski definition) is 2. The number of aliphatic imine (C=N–C) groups is 1. The van der Waals surface area contributed by atoms with E-state index in [0.29, 0.717) is 0 Å². The Bertz CT molecular complexity index is 304. The zero-order valence-electron chi connectivity index (χ0n) is 13.0. The normalized spacial score (nSPS) is 24.1. The number of likely N-dealkylation sites (tertiary alicyclic amines) is 1. The minimum atomic E-state index is 0.776. The summed E-state index contributed by atoms with van der Waals surface area (Å²) < 4.78 is 5.32. The van der Waals surface area contributed by atoms with Crippen LogP contribution in [0.15, 0.2) is 4.99 Å². The van der Waals surface area contributed by atoms with Crippen LogP contribution in [0.2, 0.25) is 0 Å². The number of nitrogens with zero attached hydrogens (tertiary/aromatic N) is 2. The van der Waals surface area contributed by atoms with Gasteiger partial charge in [-0.15, -0.1) is 0 Å². The zero-order chi connectivity index (χ0) is 14.2. The molecule has 20 heavy (non-hydrogen) atoms. The highest BCUT2D eigenvalue weighted by atomic mass is 16.5. The molecule has 2 fully saturated rings. The molecule has 1 aliphatic heterocycles. The van der Waals surface area contributed by atoms with E-state index in [0.717, 1.165) is 50.6 Å². The Balaban J connectivity index is 1.54. The summed E-state index contributed by atoms with van der Waals surface area (Å²) in [6.45, 7) is 8.15. The molecule has 0 aromatic heterocycles. The van der Waals surface area contributed by atoms with Crippen molar-refractivity contribution in [3.05, 3.63) is 0 Å². The lowest BCUT2D eigenvalue weighted by molar-refractivity contribution is 0.145. The van der Waals surface area contributed by atoms with E-state index in [1.807, 2.05) is 14.0 Å². The van der Waals surface area contributed by atoms with Crippen molar-refractivity contribution in [3.8, 4) is 0 Å². The average Bonchev–Trinajstić information content (AvgIpc) is 3.21. The van der Waals surface area contributed by atoms with Gasteiger partial charge in [-0.1, -0.05) is 0 Å². The second-order valence-corrected chi connectivity index (χ2v) is 5.81. The summed E-state index contributed by atoms with van der Waals surface area (Å²) in [6.07, 6.45) is 5.19. The van der Waals surface area contributed by atoms with Crippen LogP contribution >= 0.6 is 0 Å². The molecule has 0 aromatic rings. The molecule has 1 aliphatic carbocycles. The monoisotopic (exact) mass is 282 g/mol. The van der Waals surface area contributed by atoms with Gasteiger partial charge in [0.2, 0.25) is 0 Å². The summed E-state index contributed by atoms with van der Waals surface area (Å²) in [4.78, 5) is 6.93. The van der Waals surface area contributed by atoms with Crippen molar-refractivity contribution in [2.75, 3.05) is 46.4 Å². The van der Waals surface area contributed by atoms with E-state index in [-0.39, 0.29) is 0 Å². The van der Waals surface area contributed by atoms with E-state index < -0.39 is 0 Å². The fourth-order valence-corrected chi connectivity index (χ4v) is 2.79. The largest absolute Gasteiger partial charge is 0.382 e. The maximum atomic E-state index is 5.32. The Morgan fingerprint density at radius 2 is 2.15 bits per heavy atom. The highest BCUT2D eigenvalue weighted by molar-refractivity contribution is 5.79. The molecule has 0 bridgehead atoms. The predicted molar refractivity (Wildman–Crippen MR) is 83.2 cm³/mol. The van der Waals surface area contributed by atoms with Crippen molar-refractivity contribution in [2.45, 2.75) is 38.6 Å². The van der Waals surface area contributed by atoms with Crippen LogP contribution in [-0.2, 0) is 4.74 Å². The van der Waals surface area contributed by atoms with Crippen molar-refractivity contribution in [2.24, 2.45) is 10.9 Å². The Hall–Kier alpha value is -0.810. The molecule has 1 saturated carbocycles. The lowest BCUT2D eigenvalue weighted by Crippen LogP contribution is -2.40. The van der Waals surface area contributed by atoms with Crippen LogP contribution in [0.1, 0.15) is 32.6 Å². The van der Waals surface area contributed by atoms with Gasteiger partial charge in [-0.05, 0) is 45.1 Å². The molecule has 1 saturated heterocycles. The van der Waals surface area contributed by atoms with Crippen LogP contribution in [-0.4, -0.2) is 63.3 Å². The van der Waals surface area contributed by atoms with Crippen molar-refractivity contribution in [1.82, 2.24) is 15.5 Å². The van der Waals surface area contributed by atoms with E-state index in [1.54, 1.807) is 0 Å². The van der Waals surface area contributed by atoms with Crippen LogP contribution < -0.4 is 10.6 Å². The molecule has 0 spiro atoms. The molecular weight excluding hydrogens is 252 g/mol. The summed E-state index contributed by atoms with van der Waals surface area (Å²) >= 11 is 0. The first kappa shape index (κ1) is 15.6. The molecule has 0 radical (unpaired) electrons. The fourth-order valence-electron chi connectivity index (χ4n) is 2.79. The molecule has 0 aromatic carbocycles. The van der Waals surface area contributed by atoms with Gasteiger partial charge >= 0.3 is 0 Å². The molecule has 2 N–H and O–H groups in total. The van der Waals surface area contributed by atoms with Crippen LogP contribution in [0, 0.1) is 5.92 Å². The standard InChI is InChI=1S/C15H30N4O/c1-3-20-10-4-8-17-15(16-2)18-11-13-7-9-19(12-13)14-5-6-14/h13-14H,3-12H2,1-2H3,(H2,16,17,18). The lowest BCUT2D eigenvalue weighted by atomic mass is 10.1. The topological polar surface area (TPSA) is 48.9 Å². The van der Waals surface area contributed by atoms with Crippen molar-refractivity contribution >= 4 is 5.96 Å². The second kappa shape index (κ2) is 8.47. The van der Waals surface area contributed by atoms with Gasteiger partial charge in [-0.3, -0.25) is 4.99 Å². The third-order valence-electron chi connectivity index (χ3n) is 4.12. The molecule has 1 unspecified atom stereocenters. The van der Waals surface area contributed by atoms with Crippen LogP contribution in [0.5, 0.6) is 0 Å². The number of rotatable bonds is 8. The van der Waals surface area contributed by atoms with Gasteiger partial charge in [-0.25, -0.2) is 0 Å². The van der Waals surface area contributed by atoms with E-state index in [1.165, 1.54) is 32.4 Å². The molecule has 1 heterocycles. The van der Waals surface area contributed by atoms with Gasteiger partial charge in [-0.2, -0.15) is 0 Å². The maximum Gasteiger partial charge on any atom is 0.190 e. The van der Waals surface area contributed by atoms with Crippen molar-refractivity contribution in [1.29, 1.82) is 0 Å². The Labute approximate surface area is 123 Å². The van der Waals surface area contributed by atoms with E-state index in [9.17, 15) is 0 Å². The third kappa shape index (κ3) is 5.29. The summed E-state index contributed by atoms with van der Waals surface area (Å²) in [5.74, 6) is 1.70. The van der Waals surface area contributed by atoms with Crippen molar-refractivity contribution in [3.63, 3.8) is 0 Å². The van der Waals surface area contributed by atoms with Crippen molar-refractivity contribution < 1.29 is 4.74 Å². The minimum Gasteiger partial charge on any atom is -0.382 e. The molecule has 2 aliphatic rings. The van der Waals surface area contributed by atoms with Gasteiger partial charge in [0.1, 0.15) is 0 Å². The molecule has 0 amide bonds. The molecule has 5 nitrogen and oxygen atoms in total. The molecule has 5 heteroatoms. The Morgan fingerprint density at radius 1 is 1.30 bits per heavy atom. The minimum absolute atomic E-state index is 0.776. The van der Waals surface area contributed by atoms with E-state index in [4.69, 9.17) is 4.74 Å². The van der Waals surface area contributed by atoms with E-state index >= 15 is 0 Å². The SMILES string of the molecule is CCOCCCNC(=NC)NCC1CCN(C2CC2)C1.